The molecule has 0 aliphatic heterocycles. The summed E-state index contributed by atoms with van der Waals surface area (Å²) in [7, 11) is 1.75. The number of hydrogen-bond acceptors (Lipinski definition) is 3. The molecule has 6 nitrogen and oxygen atoms in total. The molecule has 4 rings (SSSR count). The van der Waals surface area contributed by atoms with Crippen LogP contribution in [0.3, 0.4) is 0 Å². The molecule has 0 saturated heterocycles. The highest BCUT2D eigenvalue weighted by atomic mass is 16.2. The van der Waals surface area contributed by atoms with Gasteiger partial charge in [0.05, 0.1) is 13.0 Å². The Morgan fingerprint density at radius 1 is 0.765 bits per heavy atom. The van der Waals surface area contributed by atoms with Gasteiger partial charge in [0.1, 0.15) is 0 Å². The lowest BCUT2D eigenvalue weighted by Gasteiger charge is -2.17. The quantitative estimate of drug-likeness (QED) is 0.437. The summed E-state index contributed by atoms with van der Waals surface area (Å²) < 4.78 is 0. The van der Waals surface area contributed by atoms with Crippen LogP contribution in [0.5, 0.6) is 0 Å². The molecule has 0 unspecified atom stereocenters. The van der Waals surface area contributed by atoms with Crippen molar-refractivity contribution in [3.63, 3.8) is 0 Å². The van der Waals surface area contributed by atoms with Crippen molar-refractivity contribution in [2.75, 3.05) is 23.8 Å². The molecular weight excluding hydrogens is 426 g/mol. The van der Waals surface area contributed by atoms with Gasteiger partial charge in [-0.3, -0.25) is 14.4 Å². The first-order valence-corrected chi connectivity index (χ1v) is 11.0. The van der Waals surface area contributed by atoms with Gasteiger partial charge in [-0.2, -0.15) is 0 Å². The third kappa shape index (κ3) is 5.66. The minimum atomic E-state index is -0.332. The van der Waals surface area contributed by atoms with E-state index >= 15 is 0 Å². The third-order valence-electron chi connectivity index (χ3n) is 5.53. The van der Waals surface area contributed by atoms with E-state index in [1.165, 1.54) is 0 Å². The van der Waals surface area contributed by atoms with E-state index in [1.807, 2.05) is 60.7 Å². The van der Waals surface area contributed by atoms with Crippen LogP contribution < -0.4 is 15.5 Å². The van der Waals surface area contributed by atoms with Gasteiger partial charge < -0.3 is 15.5 Å². The van der Waals surface area contributed by atoms with E-state index < -0.39 is 0 Å². The van der Waals surface area contributed by atoms with Crippen LogP contribution >= 0.6 is 0 Å². The number of hydrogen-bond donors (Lipinski definition) is 2. The van der Waals surface area contributed by atoms with Gasteiger partial charge in [-0.1, -0.05) is 60.7 Å². The molecule has 0 atom stereocenters. The van der Waals surface area contributed by atoms with Crippen LogP contribution in [0.15, 0.2) is 97.1 Å². The second-order valence-corrected chi connectivity index (χ2v) is 7.95. The lowest BCUT2D eigenvalue weighted by Crippen LogP contribution is -2.32. The number of nitrogens with zero attached hydrogens (tertiary/aromatic N) is 1. The highest BCUT2D eigenvalue weighted by Gasteiger charge is 2.12. The minimum absolute atomic E-state index is 0.0283. The molecule has 0 aliphatic rings. The maximum absolute atomic E-state index is 12.5. The summed E-state index contributed by atoms with van der Waals surface area (Å²) in [5, 5.41) is 7.42. The maximum Gasteiger partial charge on any atom is 0.251 e. The van der Waals surface area contributed by atoms with E-state index in [0.29, 0.717) is 11.3 Å². The van der Waals surface area contributed by atoms with Gasteiger partial charge in [0.15, 0.2) is 0 Å². The second kappa shape index (κ2) is 10.4. The Labute approximate surface area is 198 Å². The predicted octanol–water partition coefficient (Wildman–Crippen LogP) is 4.41. The number of nitrogens with one attached hydrogen (secondary N) is 2. The zero-order valence-corrected chi connectivity index (χ0v) is 18.8. The zero-order valence-electron chi connectivity index (χ0n) is 18.8. The van der Waals surface area contributed by atoms with E-state index in [9.17, 15) is 14.4 Å². The molecule has 0 heterocycles. The predicted molar refractivity (Wildman–Crippen MR) is 135 cm³/mol. The van der Waals surface area contributed by atoms with E-state index in [4.69, 9.17) is 0 Å². The maximum atomic E-state index is 12.5. The van der Waals surface area contributed by atoms with E-state index in [0.717, 1.165) is 22.0 Å². The number of amides is 3. The first kappa shape index (κ1) is 22.7. The normalized spacial score (nSPS) is 10.5. The molecule has 0 bridgehead atoms. The molecular formula is C28H25N3O3. The van der Waals surface area contributed by atoms with E-state index in [1.54, 1.807) is 48.3 Å². The Morgan fingerprint density at radius 2 is 1.44 bits per heavy atom. The summed E-state index contributed by atoms with van der Waals surface area (Å²) in [5.41, 5.74) is 2.77. The third-order valence-corrected chi connectivity index (χ3v) is 5.53. The van der Waals surface area contributed by atoms with Crippen molar-refractivity contribution >= 4 is 39.9 Å². The van der Waals surface area contributed by atoms with Crippen LogP contribution in [-0.4, -0.2) is 31.3 Å². The van der Waals surface area contributed by atoms with Gasteiger partial charge >= 0.3 is 0 Å². The number of likely N-dealkylation sites (N-methyl/N-ethyl adjacent to an activating group) is 1. The van der Waals surface area contributed by atoms with Crippen molar-refractivity contribution in [1.82, 2.24) is 5.32 Å². The lowest BCUT2D eigenvalue weighted by atomic mass is 10.1. The summed E-state index contributed by atoms with van der Waals surface area (Å²) in [6.07, 6.45) is 0.251. The number of carbonyl (C=O) groups is 3. The highest BCUT2D eigenvalue weighted by molar-refractivity contribution is 6.01. The fourth-order valence-corrected chi connectivity index (χ4v) is 3.59. The summed E-state index contributed by atoms with van der Waals surface area (Å²) in [4.78, 5) is 38.9. The first-order valence-electron chi connectivity index (χ1n) is 11.0. The Bertz CT molecular complexity index is 1320. The molecule has 0 aliphatic carbocycles. The Hall–Kier alpha value is -4.45. The second-order valence-electron chi connectivity index (χ2n) is 7.95. The molecule has 34 heavy (non-hydrogen) atoms. The lowest BCUT2D eigenvalue weighted by molar-refractivity contribution is -0.117. The molecule has 170 valence electrons. The number of fused-ring (bicyclic) bond motifs is 1. The van der Waals surface area contributed by atoms with Gasteiger partial charge in [0, 0.05) is 24.0 Å². The van der Waals surface area contributed by atoms with E-state index in [2.05, 4.69) is 10.6 Å². The first-order chi connectivity index (χ1) is 16.5. The van der Waals surface area contributed by atoms with Gasteiger partial charge in [-0.15, -0.1) is 0 Å². The van der Waals surface area contributed by atoms with Crippen LogP contribution in [0.2, 0.25) is 0 Å². The van der Waals surface area contributed by atoms with E-state index in [-0.39, 0.29) is 30.7 Å². The number of benzene rings is 4. The van der Waals surface area contributed by atoms with Crippen molar-refractivity contribution in [2.45, 2.75) is 6.42 Å². The van der Waals surface area contributed by atoms with Crippen LogP contribution in [-0.2, 0) is 16.0 Å². The number of carbonyl (C=O) groups excluding carboxylic acids is 3. The largest absolute Gasteiger partial charge is 0.343 e. The van der Waals surface area contributed by atoms with Gasteiger partial charge in [0.2, 0.25) is 11.8 Å². The molecule has 0 saturated carbocycles. The smallest absolute Gasteiger partial charge is 0.251 e. The van der Waals surface area contributed by atoms with Crippen LogP contribution in [0.25, 0.3) is 10.8 Å². The van der Waals surface area contributed by atoms with Crippen LogP contribution in [0.4, 0.5) is 11.4 Å². The summed E-state index contributed by atoms with van der Waals surface area (Å²) >= 11 is 0. The Kier molecular flexibility index (Phi) is 6.98. The minimum Gasteiger partial charge on any atom is -0.343 e. The molecule has 0 radical (unpaired) electrons. The topological polar surface area (TPSA) is 78.5 Å². The summed E-state index contributed by atoms with van der Waals surface area (Å²) in [6.45, 7) is -0.145. The number of anilines is 2. The van der Waals surface area contributed by atoms with Crippen LogP contribution in [0, 0.1) is 0 Å². The number of para-hydroxylation sites is 1. The number of rotatable bonds is 7. The molecule has 4 aromatic carbocycles. The van der Waals surface area contributed by atoms with Gasteiger partial charge in [-0.05, 0) is 52.7 Å². The highest BCUT2D eigenvalue weighted by Crippen LogP contribution is 2.16. The molecule has 0 fully saturated rings. The Balaban J connectivity index is 1.27. The average Bonchev–Trinajstić information content (AvgIpc) is 2.88. The molecule has 3 amide bonds. The average molecular weight is 452 g/mol. The summed E-state index contributed by atoms with van der Waals surface area (Å²) in [6, 6.07) is 29.8. The van der Waals surface area contributed by atoms with Gasteiger partial charge in [-0.25, -0.2) is 0 Å². The zero-order chi connectivity index (χ0) is 23.9. The Morgan fingerprint density at radius 3 is 2.18 bits per heavy atom. The SMILES string of the molecule is CN(C(=O)Cc1ccc(NC(=O)CNC(=O)c2ccc3ccccc3c2)cc1)c1ccccc1. The van der Waals surface area contributed by atoms with Crippen molar-refractivity contribution in [1.29, 1.82) is 0 Å². The fourth-order valence-electron chi connectivity index (χ4n) is 3.59. The van der Waals surface area contributed by atoms with Crippen molar-refractivity contribution < 1.29 is 14.4 Å². The monoisotopic (exact) mass is 451 g/mol. The van der Waals surface area contributed by atoms with Crippen molar-refractivity contribution in [3.8, 4) is 0 Å². The van der Waals surface area contributed by atoms with Crippen molar-refractivity contribution in [3.05, 3.63) is 108 Å². The molecule has 6 heteroatoms. The molecule has 4 aromatic rings. The molecule has 0 aromatic heterocycles. The van der Waals surface area contributed by atoms with Crippen molar-refractivity contribution in [2.24, 2.45) is 0 Å². The van der Waals surface area contributed by atoms with Gasteiger partial charge in [0.25, 0.3) is 5.91 Å². The van der Waals surface area contributed by atoms with Crippen LogP contribution in [0.1, 0.15) is 15.9 Å². The standard InChI is InChI=1S/C28H25N3O3/c1-31(25-9-3-2-4-10-25)27(33)17-20-11-15-24(16-12-20)30-26(32)19-29-28(34)23-14-13-21-7-5-6-8-22(21)18-23/h2-16,18H,17,19H2,1H3,(H,29,34)(H,30,32). The fraction of sp³-hybridized carbons (Fsp3) is 0.107. The molecule has 0 spiro atoms. The molecule has 2 N–H and O–H groups in total. The summed E-state index contributed by atoms with van der Waals surface area (Å²) in [5.74, 6) is -0.668.